The minimum atomic E-state index is -3.46. The van der Waals surface area contributed by atoms with E-state index in [1.165, 1.54) is 0 Å². The van der Waals surface area contributed by atoms with Gasteiger partial charge in [-0.05, 0) is 26.3 Å². The highest BCUT2D eigenvalue weighted by Crippen LogP contribution is 2.59. The van der Waals surface area contributed by atoms with Crippen molar-refractivity contribution in [2.75, 3.05) is 13.2 Å². The fourth-order valence-electron chi connectivity index (χ4n) is 1.65. The Bertz CT molecular complexity index is 440. The molecule has 0 saturated carbocycles. The summed E-state index contributed by atoms with van der Waals surface area (Å²) in [7, 11) is -3.46. The average Bonchev–Trinajstić information content (AvgIpc) is 2.32. The number of aromatic hydroxyl groups is 1. The molecule has 1 aromatic carbocycles. The maximum Gasteiger partial charge on any atom is 0.351 e. The van der Waals surface area contributed by atoms with E-state index < -0.39 is 13.4 Å². The van der Waals surface area contributed by atoms with Crippen molar-refractivity contribution in [1.82, 2.24) is 0 Å². The molecule has 0 spiro atoms. The number of hydrogen-bond acceptors (Lipinski definition) is 5. The molecule has 1 rings (SSSR count). The minimum Gasteiger partial charge on any atom is -0.507 e. The molecule has 3 N–H and O–H groups in total. The molecule has 6 heteroatoms. The SMILES string of the molecule is CCOP(=O)(OCC)[C@@H](N)c1cccc(C)c1O. The Morgan fingerprint density at radius 3 is 2.39 bits per heavy atom. The summed E-state index contributed by atoms with van der Waals surface area (Å²) < 4.78 is 22.9. The third kappa shape index (κ3) is 3.12. The molecule has 0 saturated heterocycles. The van der Waals surface area contributed by atoms with Gasteiger partial charge < -0.3 is 19.9 Å². The Morgan fingerprint density at radius 1 is 1.33 bits per heavy atom. The fraction of sp³-hybridized carbons (Fsp3) is 0.500. The molecule has 102 valence electrons. The molecule has 0 heterocycles. The van der Waals surface area contributed by atoms with E-state index in [9.17, 15) is 9.67 Å². The molecule has 18 heavy (non-hydrogen) atoms. The van der Waals surface area contributed by atoms with Crippen LogP contribution < -0.4 is 5.73 Å². The predicted molar refractivity (Wildman–Crippen MR) is 70.6 cm³/mol. The summed E-state index contributed by atoms with van der Waals surface area (Å²) in [6, 6.07) is 5.11. The highest BCUT2D eigenvalue weighted by molar-refractivity contribution is 7.54. The summed E-state index contributed by atoms with van der Waals surface area (Å²) in [5, 5.41) is 9.96. The highest BCUT2D eigenvalue weighted by Gasteiger charge is 2.35. The molecule has 0 radical (unpaired) electrons. The maximum atomic E-state index is 12.5. The van der Waals surface area contributed by atoms with Gasteiger partial charge >= 0.3 is 7.60 Å². The molecule has 5 nitrogen and oxygen atoms in total. The zero-order valence-corrected chi connectivity index (χ0v) is 11.8. The number of aryl methyl sites for hydroxylation is 1. The number of benzene rings is 1. The van der Waals surface area contributed by atoms with Crippen LogP contribution in [0, 0.1) is 6.92 Å². The van der Waals surface area contributed by atoms with Crippen LogP contribution in [-0.4, -0.2) is 18.3 Å². The molecular weight excluding hydrogens is 253 g/mol. The van der Waals surface area contributed by atoms with E-state index in [2.05, 4.69) is 0 Å². The van der Waals surface area contributed by atoms with Gasteiger partial charge in [0.15, 0.2) is 0 Å². The number of phenols is 1. The van der Waals surface area contributed by atoms with Gasteiger partial charge in [0, 0.05) is 5.56 Å². The van der Waals surface area contributed by atoms with E-state index in [1.807, 2.05) is 0 Å². The van der Waals surface area contributed by atoms with E-state index in [-0.39, 0.29) is 19.0 Å². The smallest absolute Gasteiger partial charge is 0.351 e. The molecule has 0 unspecified atom stereocenters. The minimum absolute atomic E-state index is 0.0321. The van der Waals surface area contributed by atoms with Gasteiger partial charge in [0.1, 0.15) is 11.5 Å². The van der Waals surface area contributed by atoms with E-state index in [1.54, 1.807) is 39.0 Å². The normalized spacial score (nSPS) is 13.6. The second-order valence-corrected chi connectivity index (χ2v) is 5.99. The summed E-state index contributed by atoms with van der Waals surface area (Å²) >= 11 is 0. The summed E-state index contributed by atoms with van der Waals surface area (Å²) in [5.74, 6) is -0.957. The number of phenolic OH excluding ortho intramolecular Hbond substituents is 1. The average molecular weight is 273 g/mol. The molecular formula is C12H20NO4P. The van der Waals surface area contributed by atoms with Gasteiger partial charge in [-0.15, -0.1) is 0 Å². The van der Waals surface area contributed by atoms with Crippen molar-refractivity contribution in [1.29, 1.82) is 0 Å². The molecule has 0 aliphatic rings. The van der Waals surface area contributed by atoms with Gasteiger partial charge in [0.25, 0.3) is 0 Å². The van der Waals surface area contributed by atoms with Crippen LogP contribution in [0.2, 0.25) is 0 Å². The third-order valence-corrected chi connectivity index (χ3v) is 4.74. The Labute approximate surface area is 107 Å². The lowest BCUT2D eigenvalue weighted by Gasteiger charge is -2.24. The van der Waals surface area contributed by atoms with Gasteiger partial charge in [-0.25, -0.2) is 0 Å². The van der Waals surface area contributed by atoms with E-state index >= 15 is 0 Å². The third-order valence-electron chi connectivity index (χ3n) is 2.55. The van der Waals surface area contributed by atoms with Gasteiger partial charge in [0.05, 0.1) is 13.2 Å². The van der Waals surface area contributed by atoms with Crippen LogP contribution in [0.4, 0.5) is 0 Å². The second kappa shape index (κ2) is 6.34. The van der Waals surface area contributed by atoms with Gasteiger partial charge in [-0.3, -0.25) is 4.57 Å². The van der Waals surface area contributed by atoms with E-state index in [0.29, 0.717) is 11.1 Å². The zero-order valence-electron chi connectivity index (χ0n) is 10.9. The summed E-state index contributed by atoms with van der Waals surface area (Å²) in [5.41, 5.74) is 6.99. The zero-order chi connectivity index (χ0) is 13.8. The molecule has 0 fully saturated rings. The van der Waals surface area contributed by atoms with Crippen LogP contribution in [0.25, 0.3) is 0 Å². The summed E-state index contributed by atoms with van der Waals surface area (Å²) in [6.45, 7) is 5.65. The standard InChI is InChI=1S/C12H20NO4P/c1-4-16-18(15,17-5-2)12(13)10-8-6-7-9(3)11(10)14/h6-8,12,14H,4-5,13H2,1-3H3/t12-/m1/s1. The van der Waals surface area contributed by atoms with Crippen molar-refractivity contribution < 1.29 is 18.7 Å². The first-order valence-electron chi connectivity index (χ1n) is 5.89. The Hall–Kier alpha value is -0.870. The van der Waals surface area contributed by atoms with Crippen LogP contribution in [0.1, 0.15) is 30.8 Å². The molecule has 0 amide bonds. The maximum absolute atomic E-state index is 12.5. The van der Waals surface area contributed by atoms with Crippen molar-refractivity contribution in [2.45, 2.75) is 26.6 Å². The van der Waals surface area contributed by atoms with Crippen LogP contribution in [-0.2, 0) is 13.6 Å². The van der Waals surface area contributed by atoms with Crippen LogP contribution in [0.15, 0.2) is 18.2 Å². The Balaban J connectivity index is 3.13. The van der Waals surface area contributed by atoms with Crippen molar-refractivity contribution in [3.05, 3.63) is 29.3 Å². The lowest BCUT2D eigenvalue weighted by molar-refractivity contribution is 0.212. The van der Waals surface area contributed by atoms with Crippen LogP contribution in [0.3, 0.4) is 0 Å². The Kier molecular flexibility index (Phi) is 5.35. The quantitative estimate of drug-likeness (QED) is 0.779. The molecule has 0 aliphatic heterocycles. The Morgan fingerprint density at radius 2 is 1.89 bits per heavy atom. The fourth-order valence-corrected chi connectivity index (χ4v) is 3.31. The molecule has 0 aromatic heterocycles. The largest absolute Gasteiger partial charge is 0.507 e. The number of hydrogen-bond donors (Lipinski definition) is 2. The van der Waals surface area contributed by atoms with E-state index in [0.717, 1.165) is 0 Å². The van der Waals surface area contributed by atoms with Gasteiger partial charge in [0.2, 0.25) is 0 Å². The molecule has 0 aliphatic carbocycles. The van der Waals surface area contributed by atoms with Gasteiger partial charge in [-0.1, -0.05) is 18.2 Å². The van der Waals surface area contributed by atoms with Gasteiger partial charge in [-0.2, -0.15) is 0 Å². The van der Waals surface area contributed by atoms with Crippen molar-refractivity contribution in [3.8, 4) is 5.75 Å². The van der Waals surface area contributed by atoms with E-state index in [4.69, 9.17) is 14.8 Å². The second-order valence-electron chi connectivity index (χ2n) is 3.83. The first-order valence-corrected chi connectivity index (χ1v) is 7.50. The summed E-state index contributed by atoms with van der Waals surface area (Å²) in [4.78, 5) is 0. The summed E-state index contributed by atoms with van der Waals surface area (Å²) in [6.07, 6.45) is 0. The first kappa shape index (κ1) is 15.2. The lowest BCUT2D eigenvalue weighted by Crippen LogP contribution is -2.15. The van der Waals surface area contributed by atoms with Crippen molar-refractivity contribution in [3.63, 3.8) is 0 Å². The first-order chi connectivity index (χ1) is 8.46. The highest BCUT2D eigenvalue weighted by atomic mass is 31.2. The topological polar surface area (TPSA) is 81.8 Å². The number of para-hydroxylation sites is 1. The lowest BCUT2D eigenvalue weighted by atomic mass is 10.1. The van der Waals surface area contributed by atoms with Crippen LogP contribution >= 0.6 is 7.60 Å². The molecule has 0 bridgehead atoms. The van der Waals surface area contributed by atoms with Crippen molar-refractivity contribution >= 4 is 7.60 Å². The van der Waals surface area contributed by atoms with Crippen LogP contribution in [0.5, 0.6) is 5.75 Å². The molecule has 1 atom stereocenters. The predicted octanol–water partition coefficient (Wildman–Crippen LogP) is 2.92. The monoisotopic (exact) mass is 273 g/mol. The van der Waals surface area contributed by atoms with Crippen molar-refractivity contribution in [2.24, 2.45) is 5.73 Å². The number of rotatable bonds is 6. The number of nitrogens with two attached hydrogens (primary N) is 1. The molecule has 1 aromatic rings.